The Labute approximate surface area is 161 Å². The highest BCUT2D eigenvalue weighted by atomic mass is 28.3. The topological polar surface area (TPSA) is 34.0 Å². The molecule has 1 heterocycles. The molecule has 2 rings (SSSR count). The van der Waals surface area contributed by atoms with E-state index in [-0.39, 0.29) is 6.17 Å². The molecule has 0 spiro atoms. The smallest absolute Gasteiger partial charge is 0.121 e. The Morgan fingerprint density at radius 1 is 1.00 bits per heavy atom. The molecule has 1 aromatic carbocycles. The van der Waals surface area contributed by atoms with E-state index in [0.29, 0.717) is 5.92 Å². The first-order valence-corrected chi connectivity index (χ1v) is 13.9. The number of hydrogen-bond acceptors (Lipinski definition) is 3. The van der Waals surface area contributed by atoms with Crippen molar-refractivity contribution < 1.29 is 0 Å². The van der Waals surface area contributed by atoms with Gasteiger partial charge in [0.2, 0.25) is 0 Å². The Hall–Kier alpha value is -1.20. The summed E-state index contributed by atoms with van der Waals surface area (Å²) in [4.78, 5) is 0. The predicted molar refractivity (Wildman–Crippen MR) is 115 cm³/mol. The summed E-state index contributed by atoms with van der Waals surface area (Å²) in [6.45, 7) is 15.4. The first-order chi connectivity index (χ1) is 12.4. The Balaban J connectivity index is 2.19. The number of benzene rings is 1. The van der Waals surface area contributed by atoms with Crippen LogP contribution in [-0.2, 0) is 0 Å². The van der Waals surface area contributed by atoms with Crippen LogP contribution in [0, 0.1) is 5.92 Å². The molecule has 0 radical (unpaired) electrons. The lowest BCUT2D eigenvalue weighted by Gasteiger charge is -2.42. The minimum absolute atomic E-state index is 0.282. The van der Waals surface area contributed by atoms with E-state index in [1.54, 1.807) is 0 Å². The quantitative estimate of drug-likeness (QED) is 0.353. The van der Waals surface area contributed by atoms with Gasteiger partial charge in [-0.3, -0.25) is 0 Å². The van der Waals surface area contributed by atoms with E-state index in [0.717, 1.165) is 11.0 Å². The van der Waals surface area contributed by atoms with Crippen LogP contribution in [0.15, 0.2) is 24.3 Å². The van der Waals surface area contributed by atoms with Crippen molar-refractivity contribution in [2.24, 2.45) is 5.92 Å². The number of para-hydroxylation sites is 1. The molecule has 0 aliphatic rings. The Morgan fingerprint density at radius 2 is 1.65 bits per heavy atom. The van der Waals surface area contributed by atoms with Gasteiger partial charge in [0.25, 0.3) is 0 Å². The lowest BCUT2D eigenvalue weighted by molar-refractivity contribution is 0.162. The van der Waals surface area contributed by atoms with Gasteiger partial charge in [-0.15, -0.1) is 5.10 Å². The van der Waals surface area contributed by atoms with Crippen LogP contribution in [-0.4, -0.2) is 34.3 Å². The highest BCUT2D eigenvalue weighted by Gasteiger charge is 2.34. The Morgan fingerprint density at radius 3 is 2.31 bits per heavy atom. The minimum Gasteiger partial charge on any atom is -0.303 e. The molecule has 26 heavy (non-hydrogen) atoms. The van der Waals surface area contributed by atoms with Crippen LogP contribution in [0.3, 0.4) is 0 Å². The summed E-state index contributed by atoms with van der Waals surface area (Å²) in [5, 5.41) is 8.99. The Bertz CT molecular complexity index is 659. The lowest BCUT2D eigenvalue weighted by Crippen LogP contribution is -2.52. The second-order valence-corrected chi connectivity index (χ2v) is 13.7. The molecule has 0 bridgehead atoms. The molecule has 0 aliphatic heterocycles. The molecule has 4 nitrogen and oxygen atoms in total. The molecule has 1 aromatic heterocycles. The van der Waals surface area contributed by atoms with Gasteiger partial charge < -0.3 is 4.57 Å². The summed E-state index contributed by atoms with van der Waals surface area (Å²) < 4.78 is 4.94. The summed E-state index contributed by atoms with van der Waals surface area (Å²) in [5.74, 6) is 0.493. The molecule has 1 unspecified atom stereocenters. The van der Waals surface area contributed by atoms with Crippen LogP contribution >= 0.6 is 0 Å². The van der Waals surface area contributed by atoms with Crippen LogP contribution < -0.4 is 0 Å². The third-order valence-electron chi connectivity index (χ3n) is 5.16. The third-order valence-corrected chi connectivity index (χ3v) is 7.37. The van der Waals surface area contributed by atoms with E-state index in [9.17, 15) is 0 Å². The molecule has 1 atom stereocenters. The van der Waals surface area contributed by atoms with E-state index >= 15 is 0 Å². The number of rotatable bonds is 11. The average Bonchev–Trinajstić information content (AvgIpc) is 2.99. The highest BCUT2D eigenvalue weighted by Crippen LogP contribution is 2.30. The van der Waals surface area contributed by atoms with Crippen molar-refractivity contribution in [2.45, 2.75) is 85.1 Å². The minimum atomic E-state index is -1.49. The molecular weight excluding hydrogens is 336 g/mol. The van der Waals surface area contributed by atoms with E-state index < -0.39 is 8.24 Å². The molecule has 0 saturated heterocycles. The summed E-state index contributed by atoms with van der Waals surface area (Å²) in [5.41, 5.74) is 2.14. The zero-order valence-electron chi connectivity index (χ0n) is 17.7. The van der Waals surface area contributed by atoms with Gasteiger partial charge in [-0.1, -0.05) is 89.9 Å². The lowest BCUT2D eigenvalue weighted by atomic mass is 10.1. The maximum atomic E-state index is 4.57. The summed E-state index contributed by atoms with van der Waals surface area (Å²) in [6, 6.07) is 8.34. The molecule has 0 fully saturated rings. The average molecular weight is 375 g/mol. The summed E-state index contributed by atoms with van der Waals surface area (Å²) in [7, 11) is -1.49. The maximum absolute atomic E-state index is 4.57. The van der Waals surface area contributed by atoms with Crippen LogP contribution in [0.5, 0.6) is 0 Å². The first kappa shape index (κ1) is 21.1. The maximum Gasteiger partial charge on any atom is 0.121 e. The largest absolute Gasteiger partial charge is 0.303 e. The molecule has 0 N–H and O–H groups in total. The van der Waals surface area contributed by atoms with Crippen molar-refractivity contribution in [1.29, 1.82) is 0 Å². The van der Waals surface area contributed by atoms with E-state index in [1.165, 1.54) is 45.1 Å². The SMILES string of the molecule is CCCCCCCCN(C(C(C)C)n1nnc2ccccc21)[Si](C)(C)C. The van der Waals surface area contributed by atoms with Crippen molar-refractivity contribution in [1.82, 2.24) is 19.6 Å². The van der Waals surface area contributed by atoms with Gasteiger partial charge in [-0.05, 0) is 31.0 Å². The van der Waals surface area contributed by atoms with Crippen LogP contribution in [0.4, 0.5) is 0 Å². The molecule has 2 aromatic rings. The van der Waals surface area contributed by atoms with Crippen LogP contribution in [0.1, 0.15) is 65.5 Å². The number of aromatic nitrogens is 3. The normalized spacial score (nSPS) is 13.8. The summed E-state index contributed by atoms with van der Waals surface area (Å²) >= 11 is 0. The fraction of sp³-hybridized carbons (Fsp3) is 0.714. The van der Waals surface area contributed by atoms with Gasteiger partial charge in [-0.2, -0.15) is 0 Å². The second kappa shape index (κ2) is 9.65. The first-order valence-electron chi connectivity index (χ1n) is 10.4. The van der Waals surface area contributed by atoms with Gasteiger partial charge in [0.05, 0.1) is 5.52 Å². The zero-order chi connectivity index (χ0) is 19.2. The van der Waals surface area contributed by atoms with Crippen molar-refractivity contribution in [2.75, 3.05) is 6.54 Å². The van der Waals surface area contributed by atoms with Gasteiger partial charge in [0.1, 0.15) is 19.9 Å². The van der Waals surface area contributed by atoms with Crippen molar-refractivity contribution in [3.8, 4) is 0 Å². The molecule has 5 heteroatoms. The number of fused-ring (bicyclic) bond motifs is 1. The van der Waals surface area contributed by atoms with Crippen molar-refractivity contribution in [3.63, 3.8) is 0 Å². The van der Waals surface area contributed by atoms with Gasteiger partial charge >= 0.3 is 0 Å². The molecule has 0 saturated carbocycles. The monoisotopic (exact) mass is 374 g/mol. The molecule has 146 valence electrons. The fourth-order valence-electron chi connectivity index (χ4n) is 3.78. The van der Waals surface area contributed by atoms with Crippen molar-refractivity contribution in [3.05, 3.63) is 24.3 Å². The number of unbranched alkanes of at least 4 members (excludes halogenated alkanes) is 5. The highest BCUT2D eigenvalue weighted by molar-refractivity contribution is 6.73. The van der Waals surface area contributed by atoms with Gasteiger partial charge in [-0.25, -0.2) is 4.68 Å². The zero-order valence-corrected chi connectivity index (χ0v) is 18.7. The fourth-order valence-corrected chi connectivity index (χ4v) is 5.81. The van der Waals surface area contributed by atoms with Crippen LogP contribution in [0.25, 0.3) is 11.0 Å². The van der Waals surface area contributed by atoms with Gasteiger partial charge in [0, 0.05) is 0 Å². The van der Waals surface area contributed by atoms with E-state index in [2.05, 4.69) is 78.2 Å². The van der Waals surface area contributed by atoms with E-state index in [1.807, 2.05) is 6.07 Å². The molecular formula is C21H38N4Si. The predicted octanol–water partition coefficient (Wildman–Crippen LogP) is 6.08. The van der Waals surface area contributed by atoms with Crippen LogP contribution in [0.2, 0.25) is 19.6 Å². The van der Waals surface area contributed by atoms with Gasteiger partial charge in [0.15, 0.2) is 0 Å². The summed E-state index contributed by atoms with van der Waals surface area (Å²) in [6.07, 6.45) is 8.34. The number of nitrogens with zero attached hydrogens (tertiary/aromatic N) is 4. The van der Waals surface area contributed by atoms with E-state index in [4.69, 9.17) is 0 Å². The third kappa shape index (κ3) is 5.40. The number of hydrogen-bond donors (Lipinski definition) is 0. The van der Waals surface area contributed by atoms with Crippen molar-refractivity contribution >= 4 is 19.3 Å². The standard InChI is InChI=1S/C21H38N4Si/c1-7-8-9-10-11-14-17-24(26(4,5)6)21(18(2)3)25-20-16-13-12-15-19(20)22-23-25/h12-13,15-16,18,21H,7-11,14,17H2,1-6H3. The Kier molecular flexibility index (Phi) is 7.83. The second-order valence-electron chi connectivity index (χ2n) is 8.81. The molecule has 0 amide bonds. The molecule has 0 aliphatic carbocycles.